The topological polar surface area (TPSA) is 26.3 Å². The lowest BCUT2D eigenvalue weighted by Crippen LogP contribution is -2.02. The summed E-state index contributed by atoms with van der Waals surface area (Å²) in [4.78, 5) is 12.1. The average molecular weight is 391 g/mol. The summed E-state index contributed by atoms with van der Waals surface area (Å²) in [6.45, 7) is 2.18. The first-order valence-corrected chi connectivity index (χ1v) is 9.81. The Hall–Kier alpha value is -2.84. The van der Waals surface area contributed by atoms with Gasteiger partial charge in [0.15, 0.2) is 0 Å². The molecule has 0 saturated carbocycles. The monoisotopic (exact) mass is 390 g/mol. The highest BCUT2D eigenvalue weighted by atomic mass is 35.5. The number of aryl methyl sites for hydroxylation is 1. The van der Waals surface area contributed by atoms with E-state index < -0.39 is 0 Å². The molecule has 3 aromatic carbocycles. The first kappa shape index (κ1) is 19.9. The summed E-state index contributed by atoms with van der Waals surface area (Å²) in [6, 6.07) is 26.4. The number of carbonyl (C=O) groups is 1. The van der Waals surface area contributed by atoms with Gasteiger partial charge in [0.2, 0.25) is 0 Å². The van der Waals surface area contributed by atoms with Crippen LogP contribution in [0.1, 0.15) is 24.5 Å². The standard InChI is InChI=1S/C25H23ClO2/c1-2-28-25(27)18-23(11-8-19-9-16-24(26)17-10-19)22-14-12-21(13-15-22)20-6-4-3-5-7-20/h3-7,9-10,12-18H,2,8,11H2,1H3. The predicted octanol–water partition coefficient (Wildman–Crippen LogP) is 6.59. The molecule has 0 heterocycles. The molecular formula is C25H23ClO2. The van der Waals surface area contributed by atoms with Crippen LogP contribution in [0.15, 0.2) is 84.9 Å². The zero-order chi connectivity index (χ0) is 19.8. The molecule has 2 nitrogen and oxygen atoms in total. The van der Waals surface area contributed by atoms with Crippen LogP contribution in [-0.2, 0) is 16.0 Å². The van der Waals surface area contributed by atoms with E-state index >= 15 is 0 Å². The third-order valence-corrected chi connectivity index (χ3v) is 4.79. The molecule has 0 saturated heterocycles. The van der Waals surface area contributed by atoms with E-state index in [4.69, 9.17) is 16.3 Å². The van der Waals surface area contributed by atoms with Crippen molar-refractivity contribution in [2.75, 3.05) is 6.61 Å². The number of hydrogen-bond acceptors (Lipinski definition) is 2. The molecule has 28 heavy (non-hydrogen) atoms. The van der Waals surface area contributed by atoms with Crippen LogP contribution in [0.25, 0.3) is 16.7 Å². The van der Waals surface area contributed by atoms with Gasteiger partial charge in [0.1, 0.15) is 0 Å². The molecule has 0 atom stereocenters. The van der Waals surface area contributed by atoms with Crippen molar-refractivity contribution in [1.82, 2.24) is 0 Å². The fraction of sp³-hybridized carbons (Fsp3) is 0.160. The molecule has 0 bridgehead atoms. The Morgan fingerprint density at radius 3 is 2.18 bits per heavy atom. The van der Waals surface area contributed by atoms with E-state index in [-0.39, 0.29) is 5.97 Å². The van der Waals surface area contributed by atoms with E-state index in [0.717, 1.165) is 34.6 Å². The Bertz CT molecular complexity index is 927. The van der Waals surface area contributed by atoms with Crippen LogP contribution in [-0.4, -0.2) is 12.6 Å². The van der Waals surface area contributed by atoms with Crippen molar-refractivity contribution in [2.24, 2.45) is 0 Å². The minimum atomic E-state index is -0.305. The number of rotatable bonds is 7. The lowest BCUT2D eigenvalue weighted by molar-refractivity contribution is -0.137. The summed E-state index contributed by atoms with van der Waals surface area (Å²) in [5.41, 5.74) is 5.50. The van der Waals surface area contributed by atoms with Crippen LogP contribution in [0.3, 0.4) is 0 Å². The summed E-state index contributed by atoms with van der Waals surface area (Å²) >= 11 is 5.97. The minimum absolute atomic E-state index is 0.305. The SMILES string of the molecule is CCOC(=O)C=C(CCc1ccc(Cl)cc1)c1ccc(-c2ccccc2)cc1. The van der Waals surface area contributed by atoms with E-state index in [2.05, 4.69) is 36.4 Å². The number of halogens is 1. The molecule has 3 heteroatoms. The van der Waals surface area contributed by atoms with Crippen LogP contribution in [0.5, 0.6) is 0 Å². The highest BCUT2D eigenvalue weighted by Gasteiger charge is 2.08. The first-order chi connectivity index (χ1) is 13.7. The van der Waals surface area contributed by atoms with Gasteiger partial charge in [-0.15, -0.1) is 0 Å². The number of hydrogen-bond donors (Lipinski definition) is 0. The number of ether oxygens (including phenoxy) is 1. The summed E-state index contributed by atoms with van der Waals surface area (Å²) < 4.78 is 5.12. The van der Waals surface area contributed by atoms with Gasteiger partial charge in [0, 0.05) is 11.1 Å². The Balaban J connectivity index is 1.81. The van der Waals surface area contributed by atoms with Crippen molar-refractivity contribution in [2.45, 2.75) is 19.8 Å². The molecule has 0 amide bonds. The zero-order valence-electron chi connectivity index (χ0n) is 15.9. The lowest BCUT2D eigenvalue weighted by atomic mass is 9.96. The number of allylic oxidation sites excluding steroid dienone is 1. The number of esters is 1. The Morgan fingerprint density at radius 1 is 0.893 bits per heavy atom. The number of benzene rings is 3. The van der Waals surface area contributed by atoms with E-state index in [9.17, 15) is 4.79 Å². The Kier molecular flexibility index (Phi) is 7.05. The largest absolute Gasteiger partial charge is 0.463 e. The highest BCUT2D eigenvalue weighted by molar-refractivity contribution is 6.30. The van der Waals surface area contributed by atoms with Crippen LogP contribution in [0.4, 0.5) is 0 Å². The molecule has 3 rings (SSSR count). The molecule has 3 aromatic rings. The fourth-order valence-electron chi connectivity index (χ4n) is 3.06. The third kappa shape index (κ3) is 5.58. The molecule has 142 valence electrons. The lowest BCUT2D eigenvalue weighted by Gasteiger charge is -2.10. The van der Waals surface area contributed by atoms with Gasteiger partial charge in [0.25, 0.3) is 0 Å². The van der Waals surface area contributed by atoms with Crippen LogP contribution in [0.2, 0.25) is 5.02 Å². The molecule has 0 aromatic heterocycles. The Labute approximate surface area is 171 Å². The van der Waals surface area contributed by atoms with Gasteiger partial charge in [-0.2, -0.15) is 0 Å². The average Bonchev–Trinajstić information content (AvgIpc) is 2.73. The van der Waals surface area contributed by atoms with E-state index in [1.807, 2.05) is 49.4 Å². The van der Waals surface area contributed by atoms with Gasteiger partial charge in [-0.1, -0.05) is 78.3 Å². The maximum atomic E-state index is 12.1. The van der Waals surface area contributed by atoms with Gasteiger partial charge in [-0.3, -0.25) is 0 Å². The van der Waals surface area contributed by atoms with Crippen molar-refractivity contribution in [1.29, 1.82) is 0 Å². The third-order valence-electron chi connectivity index (χ3n) is 4.54. The second kappa shape index (κ2) is 9.91. The van der Waals surface area contributed by atoms with Crippen molar-refractivity contribution >= 4 is 23.1 Å². The molecule has 0 N–H and O–H groups in total. The molecule has 0 radical (unpaired) electrons. The molecule has 0 aliphatic rings. The maximum Gasteiger partial charge on any atom is 0.331 e. The van der Waals surface area contributed by atoms with E-state index in [1.165, 1.54) is 11.1 Å². The summed E-state index contributed by atoms with van der Waals surface area (Å²) in [7, 11) is 0. The van der Waals surface area contributed by atoms with Crippen LogP contribution < -0.4 is 0 Å². The zero-order valence-corrected chi connectivity index (χ0v) is 16.7. The van der Waals surface area contributed by atoms with Crippen molar-refractivity contribution < 1.29 is 9.53 Å². The molecule has 0 spiro atoms. The van der Waals surface area contributed by atoms with Crippen molar-refractivity contribution in [3.05, 3.63) is 101 Å². The smallest absolute Gasteiger partial charge is 0.331 e. The molecule has 0 aliphatic carbocycles. The first-order valence-electron chi connectivity index (χ1n) is 9.43. The summed E-state index contributed by atoms with van der Waals surface area (Å²) in [6.07, 6.45) is 3.17. The van der Waals surface area contributed by atoms with Gasteiger partial charge < -0.3 is 4.74 Å². The van der Waals surface area contributed by atoms with Crippen molar-refractivity contribution in [3.63, 3.8) is 0 Å². The summed E-state index contributed by atoms with van der Waals surface area (Å²) in [5, 5.41) is 0.725. The molecule has 0 fully saturated rings. The van der Waals surface area contributed by atoms with Gasteiger partial charge in [0.05, 0.1) is 6.61 Å². The second-order valence-electron chi connectivity index (χ2n) is 6.49. The van der Waals surface area contributed by atoms with Crippen LogP contribution in [0, 0.1) is 0 Å². The Morgan fingerprint density at radius 2 is 1.54 bits per heavy atom. The van der Waals surface area contributed by atoms with Gasteiger partial charge >= 0.3 is 5.97 Å². The molecule has 0 unspecified atom stereocenters. The summed E-state index contributed by atoms with van der Waals surface area (Å²) in [5.74, 6) is -0.305. The van der Waals surface area contributed by atoms with Gasteiger partial charge in [-0.25, -0.2) is 4.79 Å². The maximum absolute atomic E-state index is 12.1. The number of carbonyl (C=O) groups excluding carboxylic acids is 1. The van der Waals surface area contributed by atoms with Crippen molar-refractivity contribution in [3.8, 4) is 11.1 Å². The molecule has 0 aliphatic heterocycles. The fourth-order valence-corrected chi connectivity index (χ4v) is 3.19. The normalized spacial score (nSPS) is 11.3. The van der Waals surface area contributed by atoms with Crippen LogP contribution >= 0.6 is 11.6 Å². The molecular weight excluding hydrogens is 368 g/mol. The highest BCUT2D eigenvalue weighted by Crippen LogP contribution is 2.25. The predicted molar refractivity (Wildman–Crippen MR) is 116 cm³/mol. The quantitative estimate of drug-likeness (QED) is 0.336. The second-order valence-corrected chi connectivity index (χ2v) is 6.93. The minimum Gasteiger partial charge on any atom is -0.463 e. The van der Waals surface area contributed by atoms with E-state index in [0.29, 0.717) is 6.61 Å². The van der Waals surface area contributed by atoms with Gasteiger partial charge in [-0.05, 0) is 59.7 Å². The van der Waals surface area contributed by atoms with E-state index in [1.54, 1.807) is 6.08 Å².